The molecule has 110 valence electrons. The van der Waals surface area contributed by atoms with Gasteiger partial charge in [0.2, 0.25) is 10.0 Å². The average molecular weight is 308 g/mol. The van der Waals surface area contributed by atoms with E-state index in [2.05, 4.69) is 5.10 Å². The van der Waals surface area contributed by atoms with Crippen molar-refractivity contribution < 1.29 is 8.42 Å². The Morgan fingerprint density at radius 3 is 2.37 bits per heavy atom. The zero-order valence-corrected chi connectivity index (χ0v) is 13.6. The van der Waals surface area contributed by atoms with Gasteiger partial charge in [0, 0.05) is 26.5 Å². The lowest BCUT2D eigenvalue weighted by Gasteiger charge is -2.17. The van der Waals surface area contributed by atoms with Crippen LogP contribution in [-0.2, 0) is 17.1 Å². The van der Waals surface area contributed by atoms with Gasteiger partial charge in [0.05, 0.1) is 11.4 Å². The maximum atomic E-state index is 12.5. The molecule has 0 spiro atoms. The van der Waals surface area contributed by atoms with E-state index in [1.165, 1.54) is 4.31 Å². The predicted octanol–water partition coefficient (Wildman–Crippen LogP) is 2.07. The Hall–Kier alpha value is -0.590. The molecule has 0 N–H and O–H groups in total. The maximum absolute atomic E-state index is 12.5. The standard InChI is InChI=1S/C12H22ClN3O2S/c1-10-12(11(2)16(4)14-10)19(17,18)15(3)9-7-5-6-8-13/h5-9H2,1-4H3. The van der Waals surface area contributed by atoms with E-state index in [9.17, 15) is 8.42 Å². The van der Waals surface area contributed by atoms with Gasteiger partial charge < -0.3 is 0 Å². The summed E-state index contributed by atoms with van der Waals surface area (Å²) in [5.74, 6) is 0.622. The molecule has 0 amide bonds. The summed E-state index contributed by atoms with van der Waals surface area (Å²) in [5.41, 5.74) is 1.22. The quantitative estimate of drug-likeness (QED) is 0.572. The Labute approximate surface area is 120 Å². The molecule has 0 bridgehead atoms. The van der Waals surface area contributed by atoms with Crippen LogP contribution in [0.3, 0.4) is 0 Å². The summed E-state index contributed by atoms with van der Waals surface area (Å²) in [5, 5.41) is 4.16. The fraction of sp³-hybridized carbons (Fsp3) is 0.750. The van der Waals surface area contributed by atoms with Crippen LogP contribution in [0.5, 0.6) is 0 Å². The molecule has 1 aromatic rings. The van der Waals surface area contributed by atoms with Gasteiger partial charge >= 0.3 is 0 Å². The van der Waals surface area contributed by atoms with Crippen LogP contribution in [0.2, 0.25) is 0 Å². The fourth-order valence-corrected chi connectivity index (χ4v) is 3.80. The largest absolute Gasteiger partial charge is 0.271 e. The summed E-state index contributed by atoms with van der Waals surface area (Å²) >= 11 is 5.60. The van der Waals surface area contributed by atoms with Gasteiger partial charge in [-0.2, -0.15) is 5.10 Å². The summed E-state index contributed by atoms with van der Waals surface area (Å²) in [4.78, 5) is 0.329. The van der Waals surface area contributed by atoms with E-state index in [4.69, 9.17) is 11.6 Å². The van der Waals surface area contributed by atoms with Crippen molar-refractivity contribution in [2.45, 2.75) is 38.0 Å². The highest BCUT2D eigenvalue weighted by molar-refractivity contribution is 7.89. The predicted molar refractivity (Wildman–Crippen MR) is 77.1 cm³/mol. The fourth-order valence-electron chi connectivity index (χ4n) is 2.01. The first-order valence-electron chi connectivity index (χ1n) is 6.35. The number of aromatic nitrogens is 2. The summed E-state index contributed by atoms with van der Waals surface area (Å²) in [6.07, 6.45) is 2.68. The lowest BCUT2D eigenvalue weighted by molar-refractivity contribution is 0.453. The second kappa shape index (κ2) is 6.72. The molecule has 0 aliphatic heterocycles. The van der Waals surface area contributed by atoms with Crippen molar-refractivity contribution >= 4 is 21.6 Å². The first-order valence-corrected chi connectivity index (χ1v) is 8.32. The normalized spacial score (nSPS) is 12.3. The van der Waals surface area contributed by atoms with Crippen LogP contribution >= 0.6 is 11.6 Å². The SMILES string of the molecule is Cc1nn(C)c(C)c1S(=O)(=O)N(C)CCCCCCl. The number of hydrogen-bond donors (Lipinski definition) is 0. The molecule has 0 fully saturated rings. The Morgan fingerprint density at radius 1 is 1.26 bits per heavy atom. The number of sulfonamides is 1. The molecule has 5 nitrogen and oxygen atoms in total. The van der Waals surface area contributed by atoms with Crippen LogP contribution in [-0.4, -0.2) is 42.0 Å². The van der Waals surface area contributed by atoms with Crippen molar-refractivity contribution in [3.63, 3.8) is 0 Å². The van der Waals surface area contributed by atoms with E-state index in [1.807, 2.05) is 0 Å². The molecule has 1 rings (SSSR count). The molecule has 7 heteroatoms. The van der Waals surface area contributed by atoms with Crippen molar-refractivity contribution in [3.8, 4) is 0 Å². The van der Waals surface area contributed by atoms with Gasteiger partial charge in [-0.3, -0.25) is 4.68 Å². The molecule has 1 heterocycles. The first-order chi connectivity index (χ1) is 8.82. The van der Waals surface area contributed by atoms with Crippen molar-refractivity contribution in [2.75, 3.05) is 19.5 Å². The highest BCUT2D eigenvalue weighted by Crippen LogP contribution is 2.22. The summed E-state index contributed by atoms with van der Waals surface area (Å²) in [6.45, 7) is 4.00. The minimum Gasteiger partial charge on any atom is -0.271 e. The lowest BCUT2D eigenvalue weighted by Crippen LogP contribution is -2.28. The third-order valence-electron chi connectivity index (χ3n) is 3.22. The van der Waals surface area contributed by atoms with Crippen LogP contribution in [0.25, 0.3) is 0 Å². The zero-order valence-electron chi connectivity index (χ0n) is 12.0. The van der Waals surface area contributed by atoms with Crippen LogP contribution in [0.15, 0.2) is 4.90 Å². The van der Waals surface area contributed by atoms with Gasteiger partial charge in [-0.15, -0.1) is 11.6 Å². The van der Waals surface area contributed by atoms with Crippen molar-refractivity contribution in [1.82, 2.24) is 14.1 Å². The van der Waals surface area contributed by atoms with Crippen LogP contribution in [0.4, 0.5) is 0 Å². The average Bonchev–Trinajstić information content (AvgIpc) is 2.58. The third kappa shape index (κ3) is 3.70. The summed E-state index contributed by atoms with van der Waals surface area (Å²) in [6, 6.07) is 0. The molecule has 0 saturated carbocycles. The van der Waals surface area contributed by atoms with Gasteiger partial charge in [0.15, 0.2) is 0 Å². The van der Waals surface area contributed by atoms with E-state index in [0.717, 1.165) is 19.3 Å². The van der Waals surface area contributed by atoms with Crippen molar-refractivity contribution in [1.29, 1.82) is 0 Å². The smallest absolute Gasteiger partial charge is 0.246 e. The molecular formula is C12H22ClN3O2S. The van der Waals surface area contributed by atoms with E-state index in [-0.39, 0.29) is 0 Å². The number of hydrogen-bond acceptors (Lipinski definition) is 3. The van der Waals surface area contributed by atoms with E-state index in [0.29, 0.717) is 28.7 Å². The molecule has 0 unspecified atom stereocenters. The number of alkyl halides is 1. The highest BCUT2D eigenvalue weighted by Gasteiger charge is 2.27. The topological polar surface area (TPSA) is 55.2 Å². The number of unbranched alkanes of at least 4 members (excludes halogenated alkanes) is 2. The highest BCUT2D eigenvalue weighted by atomic mass is 35.5. The maximum Gasteiger partial charge on any atom is 0.246 e. The van der Waals surface area contributed by atoms with Gasteiger partial charge in [-0.05, 0) is 26.7 Å². The Bertz CT molecular complexity index is 525. The molecule has 19 heavy (non-hydrogen) atoms. The lowest BCUT2D eigenvalue weighted by atomic mass is 10.2. The number of nitrogens with zero attached hydrogens (tertiary/aromatic N) is 3. The molecular weight excluding hydrogens is 286 g/mol. The van der Waals surface area contributed by atoms with Gasteiger partial charge in [0.25, 0.3) is 0 Å². The van der Waals surface area contributed by atoms with Gasteiger partial charge in [-0.25, -0.2) is 12.7 Å². The van der Waals surface area contributed by atoms with Crippen molar-refractivity contribution in [2.24, 2.45) is 7.05 Å². The Balaban J connectivity index is 2.85. The molecule has 0 radical (unpaired) electrons. The van der Waals surface area contributed by atoms with Gasteiger partial charge in [0.1, 0.15) is 4.90 Å². The summed E-state index contributed by atoms with van der Waals surface area (Å²) in [7, 11) is -0.0849. The molecule has 0 saturated heterocycles. The first kappa shape index (κ1) is 16.5. The number of rotatable bonds is 7. The molecule has 0 atom stereocenters. The van der Waals surface area contributed by atoms with E-state index in [1.54, 1.807) is 32.6 Å². The van der Waals surface area contributed by atoms with Gasteiger partial charge in [-0.1, -0.05) is 6.42 Å². The molecule has 0 aliphatic carbocycles. The zero-order chi connectivity index (χ0) is 14.6. The van der Waals surface area contributed by atoms with E-state index < -0.39 is 10.0 Å². The third-order valence-corrected chi connectivity index (χ3v) is 5.59. The van der Waals surface area contributed by atoms with Crippen molar-refractivity contribution in [3.05, 3.63) is 11.4 Å². The molecule has 1 aromatic heterocycles. The number of halogens is 1. The second-order valence-corrected chi connectivity index (χ2v) is 7.06. The minimum atomic E-state index is -3.45. The van der Waals surface area contributed by atoms with Crippen LogP contribution < -0.4 is 0 Å². The Morgan fingerprint density at radius 2 is 1.89 bits per heavy atom. The van der Waals surface area contributed by atoms with Crippen LogP contribution in [0.1, 0.15) is 30.7 Å². The van der Waals surface area contributed by atoms with Crippen LogP contribution in [0, 0.1) is 13.8 Å². The molecule has 0 aromatic carbocycles. The summed E-state index contributed by atoms with van der Waals surface area (Å²) < 4.78 is 28.0. The number of aryl methyl sites for hydroxylation is 2. The molecule has 0 aliphatic rings. The monoisotopic (exact) mass is 307 g/mol. The second-order valence-electron chi connectivity index (χ2n) is 4.70. The Kier molecular flexibility index (Phi) is 5.82. The van der Waals surface area contributed by atoms with E-state index >= 15 is 0 Å². The minimum absolute atomic E-state index is 0.329.